The molecule has 5 heteroatoms. The van der Waals surface area contributed by atoms with Crippen molar-refractivity contribution in [2.75, 3.05) is 26.2 Å². The van der Waals surface area contributed by atoms with Crippen LogP contribution in [0, 0.1) is 6.92 Å². The van der Waals surface area contributed by atoms with Crippen molar-refractivity contribution in [3.8, 4) is 5.75 Å². The molecular formula is C27H30N2O3. The van der Waals surface area contributed by atoms with Crippen molar-refractivity contribution in [3.05, 3.63) is 102 Å². The number of rotatable bonds is 8. The Labute approximate surface area is 189 Å². The number of para-hydroxylation sites is 1. The Bertz CT molecular complexity index is 1050. The molecule has 0 N–H and O–H groups in total. The number of carbonyl (C=O) groups excluding carboxylic acids is 1. The van der Waals surface area contributed by atoms with Gasteiger partial charge in [0.1, 0.15) is 18.1 Å². The molecule has 5 nitrogen and oxygen atoms in total. The largest absolute Gasteiger partial charge is 0.485 e. The van der Waals surface area contributed by atoms with Crippen LogP contribution < -0.4 is 4.74 Å². The standard InChI is InChI=1S/C27H30N2O3/c1-3-6-23-7-4-5-8-25(23)31-20-24-13-14-26(32-24)27(30)29-17-15-28(16-18-29)19-22-11-9-21(2)10-12-22/h3-5,7-14H,1,6,15-20H2,2H3. The summed E-state index contributed by atoms with van der Waals surface area (Å²) in [6.45, 7) is 10.2. The van der Waals surface area contributed by atoms with Crippen LogP contribution in [-0.2, 0) is 19.6 Å². The number of amides is 1. The second kappa shape index (κ2) is 10.3. The first kappa shape index (κ1) is 21.9. The van der Waals surface area contributed by atoms with E-state index in [0.29, 0.717) is 24.6 Å². The fourth-order valence-corrected chi connectivity index (χ4v) is 3.90. The molecule has 1 amide bonds. The van der Waals surface area contributed by atoms with E-state index < -0.39 is 0 Å². The Hall–Kier alpha value is -3.31. The van der Waals surface area contributed by atoms with E-state index >= 15 is 0 Å². The molecule has 1 fully saturated rings. The zero-order valence-corrected chi connectivity index (χ0v) is 18.6. The molecule has 0 unspecified atom stereocenters. The van der Waals surface area contributed by atoms with Crippen molar-refractivity contribution in [1.29, 1.82) is 0 Å². The molecule has 1 aliphatic heterocycles. The van der Waals surface area contributed by atoms with Gasteiger partial charge in [0, 0.05) is 32.7 Å². The van der Waals surface area contributed by atoms with Crippen LogP contribution >= 0.6 is 0 Å². The third-order valence-electron chi connectivity index (χ3n) is 5.77. The molecule has 1 aromatic heterocycles. The van der Waals surface area contributed by atoms with E-state index in [1.807, 2.05) is 41.3 Å². The van der Waals surface area contributed by atoms with E-state index in [1.54, 1.807) is 6.07 Å². The van der Waals surface area contributed by atoms with E-state index in [1.165, 1.54) is 11.1 Å². The van der Waals surface area contributed by atoms with Crippen molar-refractivity contribution in [1.82, 2.24) is 9.80 Å². The molecule has 1 saturated heterocycles. The predicted octanol–water partition coefficient (Wildman–Crippen LogP) is 4.85. The van der Waals surface area contributed by atoms with Gasteiger partial charge in [-0.05, 0) is 42.7 Å². The first-order chi connectivity index (χ1) is 15.6. The van der Waals surface area contributed by atoms with Gasteiger partial charge >= 0.3 is 0 Å². The second-order valence-corrected chi connectivity index (χ2v) is 8.21. The summed E-state index contributed by atoms with van der Waals surface area (Å²) in [5.74, 6) is 1.76. The van der Waals surface area contributed by atoms with Gasteiger partial charge in [0.2, 0.25) is 0 Å². The zero-order valence-electron chi connectivity index (χ0n) is 18.6. The highest BCUT2D eigenvalue weighted by Gasteiger charge is 2.24. The van der Waals surface area contributed by atoms with Gasteiger partial charge < -0.3 is 14.1 Å². The molecule has 0 radical (unpaired) electrons. The summed E-state index contributed by atoms with van der Waals surface area (Å²) in [6.07, 6.45) is 2.60. The van der Waals surface area contributed by atoms with Crippen LogP contribution in [0.5, 0.6) is 5.75 Å². The lowest BCUT2D eigenvalue weighted by Gasteiger charge is -2.34. The van der Waals surface area contributed by atoms with Gasteiger partial charge in [-0.25, -0.2) is 0 Å². The van der Waals surface area contributed by atoms with Gasteiger partial charge in [-0.2, -0.15) is 0 Å². The summed E-state index contributed by atoms with van der Waals surface area (Å²) in [6, 6.07) is 20.1. The summed E-state index contributed by atoms with van der Waals surface area (Å²) < 4.78 is 11.7. The van der Waals surface area contributed by atoms with E-state index in [2.05, 4.69) is 42.7 Å². The molecule has 0 atom stereocenters. The van der Waals surface area contributed by atoms with Crippen LogP contribution in [0.2, 0.25) is 0 Å². The van der Waals surface area contributed by atoms with Gasteiger partial charge in [0.25, 0.3) is 5.91 Å². The lowest BCUT2D eigenvalue weighted by molar-refractivity contribution is 0.0594. The minimum absolute atomic E-state index is 0.0571. The number of aryl methyl sites for hydroxylation is 1. The molecule has 4 rings (SSSR count). The summed E-state index contributed by atoms with van der Waals surface area (Å²) >= 11 is 0. The Morgan fingerprint density at radius 3 is 2.53 bits per heavy atom. The Balaban J connectivity index is 1.28. The van der Waals surface area contributed by atoms with Gasteiger partial charge in [-0.3, -0.25) is 9.69 Å². The maximum absolute atomic E-state index is 12.9. The molecule has 0 bridgehead atoms. The van der Waals surface area contributed by atoms with Gasteiger partial charge in [-0.15, -0.1) is 6.58 Å². The van der Waals surface area contributed by atoms with Gasteiger partial charge in [0.05, 0.1) is 0 Å². The first-order valence-corrected chi connectivity index (χ1v) is 11.1. The number of allylic oxidation sites excluding steroid dienone is 1. The minimum Gasteiger partial charge on any atom is -0.485 e. The second-order valence-electron chi connectivity index (χ2n) is 8.21. The van der Waals surface area contributed by atoms with E-state index in [9.17, 15) is 4.79 Å². The maximum atomic E-state index is 12.9. The highest BCUT2D eigenvalue weighted by molar-refractivity contribution is 5.91. The number of hydrogen-bond acceptors (Lipinski definition) is 4. The fourth-order valence-electron chi connectivity index (χ4n) is 3.90. The lowest BCUT2D eigenvalue weighted by Crippen LogP contribution is -2.48. The fraction of sp³-hybridized carbons (Fsp3) is 0.296. The van der Waals surface area contributed by atoms with Crippen molar-refractivity contribution in [2.45, 2.75) is 26.5 Å². The molecule has 3 aromatic rings. The third kappa shape index (κ3) is 5.48. The van der Waals surface area contributed by atoms with Gasteiger partial charge in [0.15, 0.2) is 5.76 Å². The first-order valence-electron chi connectivity index (χ1n) is 11.1. The summed E-state index contributed by atoms with van der Waals surface area (Å²) in [5, 5.41) is 0. The van der Waals surface area contributed by atoms with Crippen LogP contribution in [0.3, 0.4) is 0 Å². The quantitative estimate of drug-likeness (QED) is 0.479. The monoisotopic (exact) mass is 430 g/mol. The number of furan rings is 1. The number of benzene rings is 2. The average molecular weight is 431 g/mol. The Kier molecular flexibility index (Phi) is 7.07. The molecule has 2 heterocycles. The molecule has 32 heavy (non-hydrogen) atoms. The number of hydrogen-bond donors (Lipinski definition) is 0. The van der Waals surface area contributed by atoms with Gasteiger partial charge in [-0.1, -0.05) is 54.1 Å². The van der Waals surface area contributed by atoms with Crippen LogP contribution in [0.15, 0.2) is 77.7 Å². The van der Waals surface area contributed by atoms with Crippen LogP contribution in [-0.4, -0.2) is 41.9 Å². The molecule has 2 aromatic carbocycles. The van der Waals surface area contributed by atoms with Crippen molar-refractivity contribution in [2.24, 2.45) is 0 Å². The SMILES string of the molecule is C=CCc1ccccc1OCc1ccc(C(=O)N2CCN(Cc3ccc(C)cc3)CC2)o1. The highest BCUT2D eigenvalue weighted by atomic mass is 16.5. The maximum Gasteiger partial charge on any atom is 0.289 e. The Morgan fingerprint density at radius 1 is 1.03 bits per heavy atom. The smallest absolute Gasteiger partial charge is 0.289 e. The van der Waals surface area contributed by atoms with E-state index in [0.717, 1.165) is 37.4 Å². The molecule has 0 saturated carbocycles. The van der Waals surface area contributed by atoms with Crippen molar-refractivity contribution < 1.29 is 13.9 Å². The van der Waals surface area contributed by atoms with E-state index in [-0.39, 0.29) is 12.5 Å². The average Bonchev–Trinajstić information content (AvgIpc) is 3.29. The van der Waals surface area contributed by atoms with Crippen LogP contribution in [0.1, 0.15) is 33.0 Å². The molecule has 1 aliphatic rings. The van der Waals surface area contributed by atoms with Crippen molar-refractivity contribution in [3.63, 3.8) is 0 Å². The minimum atomic E-state index is -0.0571. The van der Waals surface area contributed by atoms with E-state index in [4.69, 9.17) is 9.15 Å². The van der Waals surface area contributed by atoms with Crippen LogP contribution in [0.25, 0.3) is 0 Å². The van der Waals surface area contributed by atoms with Crippen LogP contribution in [0.4, 0.5) is 0 Å². The molecule has 0 aliphatic carbocycles. The number of nitrogens with zero attached hydrogens (tertiary/aromatic N) is 2. The molecule has 0 spiro atoms. The highest BCUT2D eigenvalue weighted by Crippen LogP contribution is 2.21. The number of piperazine rings is 1. The molecule has 166 valence electrons. The normalized spacial score (nSPS) is 14.3. The molecular weight excluding hydrogens is 400 g/mol. The van der Waals surface area contributed by atoms with Crippen molar-refractivity contribution >= 4 is 5.91 Å². The summed E-state index contributed by atoms with van der Waals surface area (Å²) in [7, 11) is 0. The summed E-state index contributed by atoms with van der Waals surface area (Å²) in [4.78, 5) is 17.1. The number of carbonyl (C=O) groups is 1. The lowest BCUT2D eigenvalue weighted by atomic mass is 10.1. The number of ether oxygens (including phenoxy) is 1. The zero-order chi connectivity index (χ0) is 22.3. The summed E-state index contributed by atoms with van der Waals surface area (Å²) in [5.41, 5.74) is 3.66. The topological polar surface area (TPSA) is 45.9 Å². The third-order valence-corrected chi connectivity index (χ3v) is 5.77. The Morgan fingerprint density at radius 2 is 1.78 bits per heavy atom. The predicted molar refractivity (Wildman–Crippen MR) is 126 cm³/mol.